The van der Waals surface area contributed by atoms with Crippen LogP contribution in [0.2, 0.25) is 5.02 Å². The monoisotopic (exact) mass is 517 g/mol. The maximum absolute atomic E-state index is 12.7. The Labute approximate surface area is 211 Å². The van der Waals surface area contributed by atoms with E-state index < -0.39 is 29.0 Å². The molecule has 2 aromatic rings. The van der Waals surface area contributed by atoms with Gasteiger partial charge in [0.2, 0.25) is 5.91 Å². The molecule has 9 nitrogen and oxygen atoms in total. The number of carbonyl (C=O) groups excluding carboxylic acids is 4. The van der Waals surface area contributed by atoms with E-state index in [1.807, 2.05) is 0 Å². The maximum atomic E-state index is 12.7. The van der Waals surface area contributed by atoms with Crippen LogP contribution in [-0.4, -0.2) is 61.2 Å². The van der Waals surface area contributed by atoms with E-state index in [1.165, 1.54) is 21.1 Å². The van der Waals surface area contributed by atoms with Gasteiger partial charge in [0, 0.05) is 13.1 Å². The van der Waals surface area contributed by atoms with Crippen LogP contribution in [0, 0.1) is 0 Å². The number of rotatable bonds is 9. The van der Waals surface area contributed by atoms with Gasteiger partial charge in [-0.05, 0) is 54.6 Å². The molecule has 0 spiro atoms. The van der Waals surface area contributed by atoms with Crippen molar-refractivity contribution in [2.24, 2.45) is 0 Å². The fraction of sp³-hybridized carbons (Fsp3) is 0.250. The molecule has 3 rings (SSSR count). The number of nitrogens with one attached hydrogen (secondary N) is 2. The molecule has 1 aliphatic heterocycles. The van der Waals surface area contributed by atoms with Gasteiger partial charge in [-0.2, -0.15) is 0 Å². The molecule has 1 heterocycles. The van der Waals surface area contributed by atoms with Crippen LogP contribution in [-0.2, 0) is 9.59 Å². The highest BCUT2D eigenvalue weighted by Gasteiger charge is 2.34. The van der Waals surface area contributed by atoms with Gasteiger partial charge in [-0.15, -0.1) is 0 Å². The summed E-state index contributed by atoms with van der Waals surface area (Å²) in [5, 5.41) is 5.03. The molecule has 1 atom stereocenters. The minimum Gasteiger partial charge on any atom is -0.493 e. The van der Waals surface area contributed by atoms with Crippen molar-refractivity contribution < 1.29 is 28.7 Å². The lowest BCUT2D eigenvalue weighted by Crippen LogP contribution is -2.47. The van der Waals surface area contributed by atoms with Gasteiger partial charge in [0.05, 0.1) is 29.7 Å². The minimum atomic E-state index is -0.848. The Kier molecular flexibility index (Phi) is 8.78. The highest BCUT2D eigenvalue weighted by molar-refractivity contribution is 8.18. The van der Waals surface area contributed by atoms with Crippen molar-refractivity contribution in [2.45, 2.75) is 13.0 Å². The number of thioether (sulfide) groups is 1. The van der Waals surface area contributed by atoms with Crippen molar-refractivity contribution in [3.05, 3.63) is 63.5 Å². The van der Waals surface area contributed by atoms with E-state index in [9.17, 15) is 19.2 Å². The standard InChI is InChI=1S/C24H24ClN3O6S/c1-14(27-22(30)16-6-4-5-7-17(16)25)21(29)26-10-11-28-23(31)20(35-24(28)32)13-15-8-9-18(33-2)19(12-15)34-3/h4-9,12-14H,10-11H2,1-3H3,(H,26,29)(H,27,30). The average molecular weight is 518 g/mol. The Morgan fingerprint density at radius 2 is 1.83 bits per heavy atom. The molecule has 0 bridgehead atoms. The summed E-state index contributed by atoms with van der Waals surface area (Å²) in [6.45, 7) is 1.55. The molecule has 1 fully saturated rings. The molecule has 1 saturated heterocycles. The molecule has 11 heteroatoms. The largest absolute Gasteiger partial charge is 0.493 e. The Bertz CT molecular complexity index is 1190. The first kappa shape index (κ1) is 26.1. The number of imide groups is 1. The smallest absolute Gasteiger partial charge is 0.293 e. The van der Waals surface area contributed by atoms with Gasteiger partial charge >= 0.3 is 0 Å². The molecule has 184 valence electrons. The number of methoxy groups -OCH3 is 2. The van der Waals surface area contributed by atoms with Crippen LogP contribution >= 0.6 is 23.4 Å². The fourth-order valence-corrected chi connectivity index (χ4v) is 4.30. The summed E-state index contributed by atoms with van der Waals surface area (Å²) in [5.41, 5.74) is 0.928. The Hall–Kier alpha value is -3.50. The van der Waals surface area contributed by atoms with E-state index >= 15 is 0 Å². The molecule has 35 heavy (non-hydrogen) atoms. The van der Waals surface area contributed by atoms with Crippen molar-refractivity contribution in [1.82, 2.24) is 15.5 Å². The van der Waals surface area contributed by atoms with Crippen molar-refractivity contribution in [2.75, 3.05) is 27.3 Å². The number of ether oxygens (including phenoxy) is 2. The quantitative estimate of drug-likeness (QED) is 0.490. The summed E-state index contributed by atoms with van der Waals surface area (Å²) in [6.07, 6.45) is 1.59. The van der Waals surface area contributed by atoms with Gasteiger partial charge in [0.15, 0.2) is 11.5 Å². The molecule has 2 aromatic carbocycles. The lowest BCUT2D eigenvalue weighted by molar-refractivity contribution is -0.124. The zero-order chi connectivity index (χ0) is 25.5. The molecular weight excluding hydrogens is 494 g/mol. The van der Waals surface area contributed by atoms with Gasteiger partial charge in [-0.25, -0.2) is 0 Å². The van der Waals surface area contributed by atoms with Gasteiger partial charge in [-0.3, -0.25) is 24.1 Å². The first-order chi connectivity index (χ1) is 16.7. The van der Waals surface area contributed by atoms with E-state index in [4.69, 9.17) is 21.1 Å². The number of nitrogens with zero attached hydrogens (tertiary/aromatic N) is 1. The van der Waals surface area contributed by atoms with Crippen LogP contribution in [0.4, 0.5) is 4.79 Å². The molecule has 0 saturated carbocycles. The third-order valence-electron chi connectivity index (χ3n) is 5.07. The lowest BCUT2D eigenvalue weighted by atomic mass is 10.2. The second-order valence-electron chi connectivity index (χ2n) is 7.41. The zero-order valence-electron chi connectivity index (χ0n) is 19.3. The topological polar surface area (TPSA) is 114 Å². The molecule has 0 radical (unpaired) electrons. The summed E-state index contributed by atoms with van der Waals surface area (Å²) in [4.78, 5) is 51.1. The number of hydrogen-bond acceptors (Lipinski definition) is 7. The Balaban J connectivity index is 1.54. The van der Waals surface area contributed by atoms with Gasteiger partial charge in [0.25, 0.3) is 17.1 Å². The van der Waals surface area contributed by atoms with E-state index in [1.54, 1.807) is 48.5 Å². The molecule has 2 N–H and O–H groups in total. The number of amides is 4. The predicted molar refractivity (Wildman–Crippen MR) is 134 cm³/mol. The average Bonchev–Trinajstić information content (AvgIpc) is 3.11. The van der Waals surface area contributed by atoms with Crippen molar-refractivity contribution >= 4 is 52.4 Å². The molecule has 4 amide bonds. The Morgan fingerprint density at radius 1 is 1.11 bits per heavy atom. The molecule has 0 aromatic heterocycles. The van der Waals surface area contributed by atoms with Gasteiger partial charge in [0.1, 0.15) is 6.04 Å². The molecule has 1 unspecified atom stereocenters. The highest BCUT2D eigenvalue weighted by Crippen LogP contribution is 2.34. The number of benzene rings is 2. The van der Waals surface area contributed by atoms with E-state index in [0.717, 1.165) is 16.7 Å². The lowest BCUT2D eigenvalue weighted by Gasteiger charge is -2.16. The summed E-state index contributed by atoms with van der Waals surface area (Å²) < 4.78 is 10.5. The second kappa shape index (κ2) is 11.8. The van der Waals surface area contributed by atoms with Crippen molar-refractivity contribution in [1.29, 1.82) is 0 Å². The van der Waals surface area contributed by atoms with Crippen molar-refractivity contribution in [3.8, 4) is 11.5 Å². The predicted octanol–water partition coefficient (Wildman–Crippen LogP) is 3.33. The highest BCUT2D eigenvalue weighted by atomic mass is 35.5. The molecule has 0 aliphatic carbocycles. The van der Waals surface area contributed by atoms with Crippen LogP contribution in [0.5, 0.6) is 11.5 Å². The number of hydrogen-bond donors (Lipinski definition) is 2. The van der Waals surface area contributed by atoms with E-state index in [-0.39, 0.29) is 28.6 Å². The zero-order valence-corrected chi connectivity index (χ0v) is 20.9. The van der Waals surface area contributed by atoms with Crippen molar-refractivity contribution in [3.63, 3.8) is 0 Å². The van der Waals surface area contributed by atoms with Gasteiger partial charge in [-0.1, -0.05) is 29.8 Å². The van der Waals surface area contributed by atoms with Crippen LogP contribution in [0.15, 0.2) is 47.4 Å². The summed E-state index contributed by atoms with van der Waals surface area (Å²) in [7, 11) is 3.03. The number of carbonyl (C=O) groups is 4. The fourth-order valence-electron chi connectivity index (χ4n) is 3.22. The van der Waals surface area contributed by atoms with E-state index in [0.29, 0.717) is 17.1 Å². The minimum absolute atomic E-state index is 0.00907. The summed E-state index contributed by atoms with van der Waals surface area (Å²) >= 11 is 6.83. The van der Waals surface area contributed by atoms with E-state index in [2.05, 4.69) is 10.6 Å². The van der Waals surface area contributed by atoms with Crippen LogP contribution in [0.25, 0.3) is 6.08 Å². The molecule has 1 aliphatic rings. The SMILES string of the molecule is COc1ccc(C=C2SC(=O)N(CCNC(=O)C(C)NC(=O)c3ccccc3Cl)C2=O)cc1OC. The van der Waals surface area contributed by atoms with Gasteiger partial charge < -0.3 is 20.1 Å². The summed E-state index contributed by atoms with van der Waals surface area (Å²) in [6, 6.07) is 10.8. The first-order valence-corrected chi connectivity index (χ1v) is 11.7. The normalized spacial score (nSPS) is 15.2. The number of halogens is 1. The second-order valence-corrected chi connectivity index (χ2v) is 8.81. The maximum Gasteiger partial charge on any atom is 0.293 e. The first-order valence-electron chi connectivity index (χ1n) is 10.6. The third kappa shape index (κ3) is 6.34. The summed E-state index contributed by atoms with van der Waals surface area (Å²) in [5.74, 6) is -0.350. The third-order valence-corrected chi connectivity index (χ3v) is 6.31. The van der Waals surface area contributed by atoms with Crippen LogP contribution in [0.3, 0.4) is 0 Å². The van der Waals surface area contributed by atoms with Crippen LogP contribution in [0.1, 0.15) is 22.8 Å². The Morgan fingerprint density at radius 3 is 2.51 bits per heavy atom. The van der Waals surface area contributed by atoms with Crippen LogP contribution < -0.4 is 20.1 Å². The molecular formula is C24H24ClN3O6S.